The lowest BCUT2D eigenvalue weighted by Crippen LogP contribution is -2.41. The van der Waals surface area contributed by atoms with Crippen LogP contribution in [-0.4, -0.2) is 24.6 Å². The van der Waals surface area contributed by atoms with Gasteiger partial charge in [0.1, 0.15) is 5.75 Å². The van der Waals surface area contributed by atoms with E-state index in [-0.39, 0.29) is 12.4 Å². The number of aliphatic hydroxyl groups excluding tert-OH is 1. The molecule has 2 rings (SSSR count). The van der Waals surface area contributed by atoms with Crippen molar-refractivity contribution < 1.29 is 14.6 Å². The molecule has 0 aliphatic heterocycles. The van der Waals surface area contributed by atoms with Gasteiger partial charge in [-0.2, -0.15) is 0 Å². The molecule has 0 amide bonds. The Bertz CT molecular complexity index is 508. The number of ether oxygens (including phenoxy) is 1. The summed E-state index contributed by atoms with van der Waals surface area (Å²) in [4.78, 5) is 12.8. The third kappa shape index (κ3) is 2.06. The second-order valence-electron chi connectivity index (χ2n) is 5.66. The molecule has 0 aromatic heterocycles. The first kappa shape index (κ1) is 14.1. The molecule has 3 heteroatoms. The van der Waals surface area contributed by atoms with Crippen LogP contribution in [0.4, 0.5) is 0 Å². The third-order valence-corrected chi connectivity index (χ3v) is 4.51. The number of aryl methyl sites for hydroxylation is 2. The van der Waals surface area contributed by atoms with Gasteiger partial charge in [0.05, 0.1) is 24.7 Å². The molecule has 1 aliphatic rings. The van der Waals surface area contributed by atoms with Crippen molar-refractivity contribution in [3.8, 4) is 5.75 Å². The van der Waals surface area contributed by atoms with Gasteiger partial charge in [-0.15, -0.1) is 0 Å². The van der Waals surface area contributed by atoms with Gasteiger partial charge >= 0.3 is 0 Å². The molecule has 104 valence electrons. The number of benzene rings is 1. The van der Waals surface area contributed by atoms with Crippen molar-refractivity contribution in [3.63, 3.8) is 0 Å². The number of aliphatic hydroxyl groups is 1. The maximum atomic E-state index is 12.8. The van der Waals surface area contributed by atoms with E-state index in [9.17, 15) is 9.90 Å². The predicted molar refractivity (Wildman–Crippen MR) is 74.9 cm³/mol. The minimum atomic E-state index is -0.570. The van der Waals surface area contributed by atoms with Crippen LogP contribution in [0.15, 0.2) is 6.07 Å². The number of rotatable bonds is 4. The van der Waals surface area contributed by atoms with Crippen LogP contribution in [0.2, 0.25) is 0 Å². The summed E-state index contributed by atoms with van der Waals surface area (Å²) in [5.74, 6) is 0.709. The lowest BCUT2D eigenvalue weighted by molar-refractivity contribution is 0.0344. The van der Waals surface area contributed by atoms with Gasteiger partial charge in [0, 0.05) is 0 Å². The lowest BCUT2D eigenvalue weighted by Gasteiger charge is -2.39. The molecule has 0 unspecified atom stereocenters. The van der Waals surface area contributed by atoms with E-state index >= 15 is 0 Å². The van der Waals surface area contributed by atoms with Crippen molar-refractivity contribution in [1.29, 1.82) is 0 Å². The highest BCUT2D eigenvalue weighted by atomic mass is 16.5. The van der Waals surface area contributed by atoms with E-state index in [1.807, 2.05) is 26.8 Å². The Balaban J connectivity index is 2.56. The fourth-order valence-electron chi connectivity index (χ4n) is 2.91. The van der Waals surface area contributed by atoms with Crippen molar-refractivity contribution in [2.75, 3.05) is 13.7 Å². The molecule has 1 aromatic rings. The summed E-state index contributed by atoms with van der Waals surface area (Å²) in [5, 5.41) is 9.58. The van der Waals surface area contributed by atoms with Gasteiger partial charge in [0.25, 0.3) is 0 Å². The molecular weight excluding hydrogens is 240 g/mol. The quantitative estimate of drug-likeness (QED) is 0.849. The lowest BCUT2D eigenvalue weighted by atomic mass is 9.64. The number of hydrogen-bond acceptors (Lipinski definition) is 3. The van der Waals surface area contributed by atoms with Crippen LogP contribution < -0.4 is 4.74 Å². The Hall–Kier alpha value is -1.35. The van der Waals surface area contributed by atoms with Gasteiger partial charge in [-0.25, -0.2) is 0 Å². The number of carbonyl (C=O) groups is 1. The van der Waals surface area contributed by atoms with E-state index in [4.69, 9.17) is 4.74 Å². The topological polar surface area (TPSA) is 46.5 Å². The first-order chi connectivity index (χ1) is 8.96. The van der Waals surface area contributed by atoms with Crippen LogP contribution in [0.25, 0.3) is 0 Å². The van der Waals surface area contributed by atoms with E-state index in [0.29, 0.717) is 11.3 Å². The van der Waals surface area contributed by atoms with Crippen molar-refractivity contribution in [2.24, 2.45) is 5.41 Å². The third-order valence-electron chi connectivity index (χ3n) is 4.51. The molecule has 0 spiro atoms. The molecule has 1 aliphatic carbocycles. The monoisotopic (exact) mass is 262 g/mol. The number of Topliss-reactive ketones (excluding diaryl/α,β-unsaturated/α-hetero) is 1. The fraction of sp³-hybridized carbons (Fsp3) is 0.562. The standard InChI is InChI=1S/C16H22O3/c1-10-8-11(2)13(14(19-4)12(10)3)15(18)16(9-17)6-5-7-16/h8,17H,5-7,9H2,1-4H3. The first-order valence-corrected chi connectivity index (χ1v) is 6.77. The zero-order valence-corrected chi connectivity index (χ0v) is 12.2. The van der Waals surface area contributed by atoms with E-state index in [1.165, 1.54) is 0 Å². The zero-order valence-electron chi connectivity index (χ0n) is 12.2. The van der Waals surface area contributed by atoms with Crippen LogP contribution in [0.5, 0.6) is 5.75 Å². The first-order valence-electron chi connectivity index (χ1n) is 6.77. The number of methoxy groups -OCH3 is 1. The molecule has 3 nitrogen and oxygen atoms in total. The van der Waals surface area contributed by atoms with Crippen molar-refractivity contribution in [2.45, 2.75) is 40.0 Å². The number of hydrogen-bond donors (Lipinski definition) is 1. The van der Waals surface area contributed by atoms with Crippen LogP contribution in [0, 0.1) is 26.2 Å². The summed E-state index contributed by atoms with van der Waals surface area (Å²) in [6.07, 6.45) is 2.56. The van der Waals surface area contributed by atoms with Gasteiger partial charge in [0.15, 0.2) is 5.78 Å². The summed E-state index contributed by atoms with van der Waals surface area (Å²) in [6.45, 7) is 5.86. The highest BCUT2D eigenvalue weighted by molar-refractivity contribution is 6.05. The Morgan fingerprint density at radius 1 is 1.32 bits per heavy atom. The van der Waals surface area contributed by atoms with Gasteiger partial charge in [-0.1, -0.05) is 12.5 Å². The van der Waals surface area contributed by atoms with Crippen LogP contribution in [0.1, 0.15) is 46.3 Å². The summed E-state index contributed by atoms with van der Waals surface area (Å²) >= 11 is 0. The molecule has 0 radical (unpaired) electrons. The molecular formula is C16H22O3. The van der Waals surface area contributed by atoms with Crippen molar-refractivity contribution in [3.05, 3.63) is 28.3 Å². The summed E-state index contributed by atoms with van der Waals surface area (Å²) < 4.78 is 5.46. The number of ketones is 1. The zero-order chi connectivity index (χ0) is 14.2. The molecule has 1 saturated carbocycles. The van der Waals surface area contributed by atoms with E-state index in [0.717, 1.165) is 36.0 Å². The van der Waals surface area contributed by atoms with Crippen LogP contribution >= 0.6 is 0 Å². The molecule has 0 saturated heterocycles. The minimum absolute atomic E-state index is 0.0405. The van der Waals surface area contributed by atoms with Gasteiger partial charge < -0.3 is 9.84 Å². The van der Waals surface area contributed by atoms with Crippen LogP contribution in [-0.2, 0) is 0 Å². The van der Waals surface area contributed by atoms with Gasteiger partial charge in [0.2, 0.25) is 0 Å². The molecule has 0 bridgehead atoms. The van der Waals surface area contributed by atoms with Gasteiger partial charge in [-0.05, 0) is 50.3 Å². The normalized spacial score (nSPS) is 16.9. The molecule has 0 atom stereocenters. The second-order valence-corrected chi connectivity index (χ2v) is 5.66. The molecule has 1 aromatic carbocycles. The Kier molecular flexibility index (Phi) is 3.68. The summed E-state index contributed by atoms with van der Waals surface area (Å²) in [7, 11) is 1.60. The fourth-order valence-corrected chi connectivity index (χ4v) is 2.91. The Morgan fingerprint density at radius 2 is 1.95 bits per heavy atom. The summed E-state index contributed by atoms with van der Waals surface area (Å²) in [5.41, 5.74) is 3.14. The van der Waals surface area contributed by atoms with Crippen molar-refractivity contribution >= 4 is 5.78 Å². The highest BCUT2D eigenvalue weighted by Crippen LogP contribution is 2.45. The van der Waals surface area contributed by atoms with E-state index in [1.54, 1.807) is 7.11 Å². The Morgan fingerprint density at radius 3 is 2.37 bits per heavy atom. The molecule has 19 heavy (non-hydrogen) atoms. The summed E-state index contributed by atoms with van der Waals surface area (Å²) in [6, 6.07) is 2.02. The Labute approximate surface area is 114 Å². The van der Waals surface area contributed by atoms with Crippen molar-refractivity contribution in [1.82, 2.24) is 0 Å². The van der Waals surface area contributed by atoms with E-state index < -0.39 is 5.41 Å². The largest absolute Gasteiger partial charge is 0.496 e. The molecule has 1 N–H and O–H groups in total. The average molecular weight is 262 g/mol. The van der Waals surface area contributed by atoms with Crippen LogP contribution in [0.3, 0.4) is 0 Å². The van der Waals surface area contributed by atoms with Gasteiger partial charge in [-0.3, -0.25) is 4.79 Å². The second kappa shape index (κ2) is 4.97. The maximum absolute atomic E-state index is 12.8. The SMILES string of the molecule is COc1c(C)c(C)cc(C)c1C(=O)C1(CO)CCC1. The maximum Gasteiger partial charge on any atom is 0.175 e. The number of carbonyl (C=O) groups excluding carboxylic acids is 1. The highest BCUT2D eigenvalue weighted by Gasteiger charge is 2.45. The minimum Gasteiger partial charge on any atom is -0.496 e. The predicted octanol–water partition coefficient (Wildman–Crippen LogP) is 2.97. The molecule has 1 fully saturated rings. The average Bonchev–Trinajstić information content (AvgIpc) is 2.32. The molecule has 0 heterocycles. The van der Waals surface area contributed by atoms with E-state index in [2.05, 4.69) is 0 Å². The smallest absolute Gasteiger partial charge is 0.175 e.